The molecule has 1 fully saturated rings. The van der Waals surface area contributed by atoms with E-state index in [0.717, 1.165) is 26.1 Å². The summed E-state index contributed by atoms with van der Waals surface area (Å²) in [5, 5.41) is 0. The van der Waals surface area contributed by atoms with Gasteiger partial charge >= 0.3 is 7.12 Å². The first-order valence-electron chi connectivity index (χ1n) is 4.09. The first-order valence-corrected chi connectivity index (χ1v) is 4.88. The van der Waals surface area contributed by atoms with Crippen LogP contribution in [0.1, 0.15) is 26.7 Å². The number of hydrogen-bond donors (Lipinski definition) is 0. The minimum atomic E-state index is -0.0683. The van der Waals surface area contributed by atoms with Crippen molar-refractivity contribution in [3.8, 4) is 0 Å². The van der Waals surface area contributed by atoms with Crippen LogP contribution in [0.2, 0.25) is 0 Å². The lowest BCUT2D eigenvalue weighted by atomic mass is 9.70. The molecule has 1 aliphatic rings. The van der Waals surface area contributed by atoms with Crippen LogP contribution in [0.4, 0.5) is 0 Å². The van der Waals surface area contributed by atoms with Gasteiger partial charge in [-0.25, -0.2) is 0 Å². The molecule has 0 aromatic rings. The van der Waals surface area contributed by atoms with Crippen LogP contribution in [0.3, 0.4) is 0 Å². The Kier molecular flexibility index (Phi) is 3.40. The van der Waals surface area contributed by atoms with Crippen LogP contribution in [-0.4, -0.2) is 24.6 Å². The summed E-state index contributed by atoms with van der Waals surface area (Å²) in [6.45, 7) is 5.87. The lowest BCUT2D eigenvalue weighted by molar-refractivity contribution is 0.126. The highest BCUT2D eigenvalue weighted by molar-refractivity contribution is 9.10. The molecule has 1 saturated heterocycles. The molecule has 64 valence electrons. The summed E-state index contributed by atoms with van der Waals surface area (Å²) < 4.78 is 10.9. The van der Waals surface area contributed by atoms with Gasteiger partial charge in [0.05, 0.1) is 4.22 Å². The topological polar surface area (TPSA) is 18.5 Å². The summed E-state index contributed by atoms with van der Waals surface area (Å²) in [7, 11) is -0.0683. The maximum Gasteiger partial charge on any atom is 0.474 e. The Bertz CT molecular complexity index is 124. The molecule has 2 nitrogen and oxygen atoms in total. The Labute approximate surface area is 76.9 Å². The fourth-order valence-corrected chi connectivity index (χ4v) is 1.27. The van der Waals surface area contributed by atoms with Crippen LogP contribution in [0, 0.1) is 0 Å². The van der Waals surface area contributed by atoms with Crippen molar-refractivity contribution in [2.24, 2.45) is 0 Å². The van der Waals surface area contributed by atoms with Gasteiger partial charge in [-0.3, -0.25) is 0 Å². The summed E-state index contributed by atoms with van der Waals surface area (Å²) >= 11 is 3.59. The van der Waals surface area contributed by atoms with E-state index in [2.05, 4.69) is 29.8 Å². The minimum absolute atomic E-state index is 0.0204. The lowest BCUT2D eigenvalue weighted by Gasteiger charge is -2.30. The van der Waals surface area contributed by atoms with Crippen molar-refractivity contribution >= 4 is 23.0 Å². The van der Waals surface area contributed by atoms with Gasteiger partial charge in [0.1, 0.15) is 0 Å². The van der Waals surface area contributed by atoms with E-state index in [1.54, 1.807) is 0 Å². The third-order valence-corrected chi connectivity index (χ3v) is 2.94. The van der Waals surface area contributed by atoms with Crippen molar-refractivity contribution in [1.29, 1.82) is 0 Å². The molecule has 1 aliphatic heterocycles. The van der Waals surface area contributed by atoms with Crippen LogP contribution in [-0.2, 0) is 9.31 Å². The Morgan fingerprint density at radius 1 is 1.45 bits per heavy atom. The Balaban J connectivity index is 2.43. The monoisotopic (exact) mass is 220 g/mol. The van der Waals surface area contributed by atoms with Gasteiger partial charge in [-0.05, 0) is 12.8 Å². The number of hydrogen-bond acceptors (Lipinski definition) is 2. The number of alkyl halides is 1. The zero-order chi connectivity index (χ0) is 8.32. The molecule has 0 spiro atoms. The van der Waals surface area contributed by atoms with Crippen LogP contribution in [0.5, 0.6) is 0 Å². The highest BCUT2D eigenvalue weighted by Crippen LogP contribution is 2.27. The Morgan fingerprint density at radius 2 is 2.00 bits per heavy atom. The van der Waals surface area contributed by atoms with Crippen molar-refractivity contribution in [3.05, 3.63) is 0 Å². The molecular formula is C7H14BBrO2. The first kappa shape index (κ1) is 9.55. The van der Waals surface area contributed by atoms with E-state index in [0.29, 0.717) is 0 Å². The Hall–Kier alpha value is 0.465. The van der Waals surface area contributed by atoms with Gasteiger partial charge in [0.25, 0.3) is 0 Å². The quantitative estimate of drug-likeness (QED) is 0.524. The maximum atomic E-state index is 5.46. The summed E-state index contributed by atoms with van der Waals surface area (Å²) in [6, 6.07) is 0. The Morgan fingerprint density at radius 3 is 2.45 bits per heavy atom. The van der Waals surface area contributed by atoms with E-state index >= 15 is 0 Å². The summed E-state index contributed by atoms with van der Waals surface area (Å²) in [6.07, 6.45) is 2.03. The minimum Gasteiger partial charge on any atom is -0.410 e. The van der Waals surface area contributed by atoms with E-state index < -0.39 is 0 Å². The van der Waals surface area contributed by atoms with Crippen molar-refractivity contribution in [3.63, 3.8) is 0 Å². The summed E-state index contributed by atoms with van der Waals surface area (Å²) in [4.78, 5) is 0. The molecule has 11 heavy (non-hydrogen) atoms. The van der Waals surface area contributed by atoms with Crippen molar-refractivity contribution in [2.45, 2.75) is 30.9 Å². The van der Waals surface area contributed by atoms with E-state index in [1.165, 1.54) is 0 Å². The molecule has 0 amide bonds. The van der Waals surface area contributed by atoms with Crippen molar-refractivity contribution < 1.29 is 9.31 Å². The van der Waals surface area contributed by atoms with Gasteiger partial charge in [-0.15, -0.1) is 0 Å². The molecule has 4 heteroatoms. The first-order chi connectivity index (χ1) is 5.17. The van der Waals surface area contributed by atoms with Crippen molar-refractivity contribution in [1.82, 2.24) is 0 Å². The third kappa shape index (κ3) is 2.46. The molecule has 0 aromatic heterocycles. The normalized spacial score (nSPS) is 24.8. The average Bonchev–Trinajstić information content (AvgIpc) is 2.06. The molecule has 1 heterocycles. The molecule has 0 N–H and O–H groups in total. The van der Waals surface area contributed by atoms with Crippen LogP contribution in [0.15, 0.2) is 0 Å². The van der Waals surface area contributed by atoms with E-state index in [-0.39, 0.29) is 11.3 Å². The number of rotatable bonds is 2. The highest BCUT2D eigenvalue weighted by Gasteiger charge is 2.39. The second kappa shape index (κ2) is 3.92. The lowest BCUT2D eigenvalue weighted by Crippen LogP contribution is -2.45. The number of halogens is 1. The molecule has 1 rings (SSSR count). The predicted octanol–water partition coefficient (Wildman–Crippen LogP) is 2.01. The maximum absolute atomic E-state index is 5.46. The molecule has 1 atom stereocenters. The van der Waals surface area contributed by atoms with Crippen molar-refractivity contribution in [2.75, 3.05) is 13.2 Å². The zero-order valence-electron chi connectivity index (χ0n) is 7.10. The standard InChI is InChI=1S/C7H14BBrO2/c1-3-7(2,9)8-10-5-4-6-11-8/h3-6H2,1-2H3. The molecule has 0 saturated carbocycles. The third-order valence-electron chi connectivity index (χ3n) is 2.01. The van der Waals surface area contributed by atoms with Gasteiger partial charge in [-0.2, -0.15) is 0 Å². The van der Waals surface area contributed by atoms with E-state index in [9.17, 15) is 0 Å². The zero-order valence-corrected chi connectivity index (χ0v) is 8.69. The van der Waals surface area contributed by atoms with Crippen LogP contribution >= 0.6 is 15.9 Å². The smallest absolute Gasteiger partial charge is 0.410 e. The van der Waals surface area contributed by atoms with E-state index in [4.69, 9.17) is 9.31 Å². The van der Waals surface area contributed by atoms with E-state index in [1.807, 2.05) is 0 Å². The van der Waals surface area contributed by atoms with Gasteiger partial charge in [0.15, 0.2) is 0 Å². The van der Waals surface area contributed by atoms with Gasteiger partial charge in [0, 0.05) is 13.2 Å². The molecule has 0 bridgehead atoms. The highest BCUT2D eigenvalue weighted by atomic mass is 79.9. The molecule has 0 aromatic carbocycles. The molecule has 0 aliphatic carbocycles. The molecule has 0 radical (unpaired) electrons. The second-order valence-electron chi connectivity index (χ2n) is 3.06. The fraction of sp³-hybridized carbons (Fsp3) is 1.00. The van der Waals surface area contributed by atoms with Crippen LogP contribution in [0.25, 0.3) is 0 Å². The summed E-state index contributed by atoms with van der Waals surface area (Å²) in [5.74, 6) is 0. The fourth-order valence-electron chi connectivity index (χ4n) is 1.00. The predicted molar refractivity (Wildman–Crippen MR) is 49.9 cm³/mol. The summed E-state index contributed by atoms with van der Waals surface area (Å²) in [5.41, 5.74) is 0. The van der Waals surface area contributed by atoms with Gasteiger partial charge in [-0.1, -0.05) is 29.8 Å². The van der Waals surface area contributed by atoms with Crippen LogP contribution < -0.4 is 0 Å². The second-order valence-corrected chi connectivity index (χ2v) is 4.87. The SMILES string of the molecule is CCC(C)(Br)B1OCCCO1. The molecule has 1 unspecified atom stereocenters. The largest absolute Gasteiger partial charge is 0.474 e. The molecular weight excluding hydrogens is 207 g/mol. The van der Waals surface area contributed by atoms with Gasteiger partial charge in [0.2, 0.25) is 0 Å². The average molecular weight is 221 g/mol. The van der Waals surface area contributed by atoms with Gasteiger partial charge < -0.3 is 9.31 Å².